The lowest BCUT2D eigenvalue weighted by Crippen LogP contribution is -2.35. The fraction of sp³-hybridized carbons (Fsp3) is 0.103. The number of furan rings is 1. The minimum atomic E-state index is -0.262. The Bertz CT molecular complexity index is 1300. The maximum absolute atomic E-state index is 13.5. The number of benzene rings is 2. The summed E-state index contributed by atoms with van der Waals surface area (Å²) in [6, 6.07) is 23.2. The van der Waals surface area contributed by atoms with E-state index in [1.54, 1.807) is 17.9 Å². The number of carbonyl (C=O) groups is 2. The number of Topliss-reactive ketones (excluding diaryl/α,β-unsaturated/α-hetero) is 1. The third-order valence-electron chi connectivity index (χ3n) is 5.87. The zero-order valence-electron chi connectivity index (χ0n) is 18.2. The number of carbonyl (C=O) groups excluding carboxylic acids is 2. The molecule has 0 saturated heterocycles. The average molecular weight is 434 g/mol. The quantitative estimate of drug-likeness (QED) is 0.371. The number of rotatable bonds is 5. The van der Waals surface area contributed by atoms with Crippen molar-refractivity contribution in [3.63, 3.8) is 0 Å². The molecule has 2 heterocycles. The lowest BCUT2D eigenvalue weighted by Gasteiger charge is -2.28. The highest BCUT2D eigenvalue weighted by Crippen LogP contribution is 2.35. The molecule has 1 aliphatic carbocycles. The second-order valence-corrected chi connectivity index (χ2v) is 8.14. The van der Waals surface area contributed by atoms with E-state index < -0.39 is 0 Å². The van der Waals surface area contributed by atoms with Gasteiger partial charge < -0.3 is 4.42 Å². The number of hydrogen-bond donors (Lipinski definition) is 0. The van der Waals surface area contributed by atoms with Gasteiger partial charge in [0.15, 0.2) is 0 Å². The Hall–Kier alpha value is -4.18. The van der Waals surface area contributed by atoms with E-state index in [9.17, 15) is 9.59 Å². The Morgan fingerprint density at radius 1 is 0.848 bits per heavy atom. The van der Waals surface area contributed by atoms with Crippen LogP contribution in [0.4, 0.5) is 0 Å². The first-order valence-corrected chi connectivity index (χ1v) is 10.9. The molecule has 1 aromatic heterocycles. The van der Waals surface area contributed by atoms with Gasteiger partial charge in [0.1, 0.15) is 17.3 Å². The number of allylic oxidation sites excluding steroid dienone is 2. The van der Waals surface area contributed by atoms with Gasteiger partial charge in [0.25, 0.3) is 5.91 Å². The van der Waals surface area contributed by atoms with Crippen LogP contribution in [0.3, 0.4) is 0 Å². The maximum Gasteiger partial charge on any atom is 0.259 e. The minimum Gasteiger partial charge on any atom is -0.457 e. The largest absolute Gasteiger partial charge is 0.457 e. The molecule has 1 aliphatic heterocycles. The first-order valence-electron chi connectivity index (χ1n) is 10.9. The summed E-state index contributed by atoms with van der Waals surface area (Å²) >= 11 is 0. The second-order valence-electron chi connectivity index (χ2n) is 8.14. The number of amides is 1. The highest BCUT2D eigenvalue weighted by atomic mass is 16.3. The Balaban J connectivity index is 1.49. The van der Waals surface area contributed by atoms with Crippen LogP contribution in [0.2, 0.25) is 0 Å². The summed E-state index contributed by atoms with van der Waals surface area (Å²) < 4.78 is 6.00. The molecule has 33 heavy (non-hydrogen) atoms. The SMILES string of the molecule is CC(=O)C1C=CC(N2C(=O)/C(=C/c3ccc(-c4ccccc4)o3)C=C2c2ccccc2)C=C1. The molecule has 0 unspecified atom stereocenters. The molecule has 5 rings (SSSR count). The molecule has 4 nitrogen and oxygen atoms in total. The summed E-state index contributed by atoms with van der Waals surface area (Å²) in [4.78, 5) is 27.0. The first kappa shape index (κ1) is 20.7. The van der Waals surface area contributed by atoms with Gasteiger partial charge in [-0.1, -0.05) is 85.0 Å². The highest BCUT2D eigenvalue weighted by Gasteiger charge is 2.33. The van der Waals surface area contributed by atoms with Gasteiger partial charge in [-0.3, -0.25) is 14.5 Å². The monoisotopic (exact) mass is 433 g/mol. The van der Waals surface area contributed by atoms with Gasteiger partial charge in [-0.2, -0.15) is 0 Å². The Kier molecular flexibility index (Phi) is 5.49. The van der Waals surface area contributed by atoms with Crippen molar-refractivity contribution in [1.29, 1.82) is 0 Å². The molecule has 0 bridgehead atoms. The van der Waals surface area contributed by atoms with Crippen molar-refractivity contribution in [2.75, 3.05) is 0 Å². The molecule has 0 N–H and O–H groups in total. The molecule has 0 saturated carbocycles. The molecular formula is C29H23NO3. The lowest BCUT2D eigenvalue weighted by molar-refractivity contribution is -0.123. The van der Waals surface area contributed by atoms with Crippen LogP contribution in [0.25, 0.3) is 23.1 Å². The van der Waals surface area contributed by atoms with Crippen LogP contribution < -0.4 is 0 Å². The third kappa shape index (κ3) is 4.15. The van der Waals surface area contributed by atoms with Crippen LogP contribution >= 0.6 is 0 Å². The summed E-state index contributed by atoms with van der Waals surface area (Å²) in [6.45, 7) is 1.57. The number of nitrogens with zero attached hydrogens (tertiary/aromatic N) is 1. The molecule has 0 atom stereocenters. The highest BCUT2D eigenvalue weighted by molar-refractivity contribution is 6.11. The molecule has 4 heteroatoms. The van der Waals surface area contributed by atoms with Gasteiger partial charge >= 0.3 is 0 Å². The summed E-state index contributed by atoms with van der Waals surface area (Å²) in [5.41, 5.74) is 3.31. The van der Waals surface area contributed by atoms with Crippen LogP contribution in [-0.2, 0) is 9.59 Å². The normalized spacial score (nSPS) is 21.0. The lowest BCUT2D eigenvalue weighted by atomic mass is 9.96. The van der Waals surface area contributed by atoms with Crippen molar-refractivity contribution >= 4 is 23.5 Å². The number of hydrogen-bond acceptors (Lipinski definition) is 3. The Morgan fingerprint density at radius 2 is 1.48 bits per heavy atom. The van der Waals surface area contributed by atoms with Gasteiger partial charge in [-0.15, -0.1) is 0 Å². The van der Waals surface area contributed by atoms with E-state index in [1.165, 1.54) is 0 Å². The molecule has 2 aromatic carbocycles. The molecule has 3 aromatic rings. The summed E-state index contributed by atoms with van der Waals surface area (Å²) in [5.74, 6) is 1.12. The molecule has 162 valence electrons. The van der Waals surface area contributed by atoms with E-state index in [0.717, 1.165) is 22.6 Å². The first-order chi connectivity index (χ1) is 16.1. The van der Waals surface area contributed by atoms with Crippen LogP contribution in [0.15, 0.2) is 113 Å². The van der Waals surface area contributed by atoms with Gasteiger partial charge in [0, 0.05) is 11.1 Å². The van der Waals surface area contributed by atoms with Crippen molar-refractivity contribution in [2.45, 2.75) is 13.0 Å². The van der Waals surface area contributed by atoms with Crippen molar-refractivity contribution in [3.05, 3.63) is 120 Å². The van der Waals surface area contributed by atoms with E-state index in [-0.39, 0.29) is 23.7 Å². The van der Waals surface area contributed by atoms with Crippen LogP contribution in [-0.4, -0.2) is 22.6 Å². The van der Waals surface area contributed by atoms with Crippen molar-refractivity contribution in [1.82, 2.24) is 4.90 Å². The predicted molar refractivity (Wildman–Crippen MR) is 130 cm³/mol. The number of ketones is 1. The predicted octanol–water partition coefficient (Wildman–Crippen LogP) is 5.91. The molecule has 0 radical (unpaired) electrons. The van der Waals surface area contributed by atoms with E-state index in [4.69, 9.17) is 4.42 Å². The van der Waals surface area contributed by atoms with Gasteiger partial charge in [0.05, 0.1) is 17.7 Å². The van der Waals surface area contributed by atoms with Gasteiger partial charge in [-0.25, -0.2) is 0 Å². The standard InChI is InChI=1S/C29H23NO3/c1-20(31)21-12-14-25(15-13-21)30-27(22-8-4-2-5-9-22)19-24(29(30)32)18-26-16-17-28(33-26)23-10-6-3-7-11-23/h2-19,21,25H,1H3/b24-18+. The molecule has 0 spiro atoms. The third-order valence-corrected chi connectivity index (χ3v) is 5.87. The summed E-state index contributed by atoms with van der Waals surface area (Å²) in [6.07, 6.45) is 11.3. The topological polar surface area (TPSA) is 50.5 Å². The Morgan fingerprint density at radius 3 is 2.12 bits per heavy atom. The molecule has 1 amide bonds. The van der Waals surface area contributed by atoms with Gasteiger partial charge in [0.2, 0.25) is 0 Å². The fourth-order valence-electron chi connectivity index (χ4n) is 4.14. The summed E-state index contributed by atoms with van der Waals surface area (Å²) in [7, 11) is 0. The molecule has 2 aliphatic rings. The van der Waals surface area contributed by atoms with Crippen LogP contribution in [0.5, 0.6) is 0 Å². The maximum atomic E-state index is 13.5. The average Bonchev–Trinajstić information content (AvgIpc) is 3.45. The van der Waals surface area contributed by atoms with E-state index in [1.807, 2.05) is 103 Å². The second kappa shape index (κ2) is 8.75. The zero-order valence-corrected chi connectivity index (χ0v) is 18.2. The smallest absolute Gasteiger partial charge is 0.259 e. The molecular weight excluding hydrogens is 410 g/mol. The van der Waals surface area contributed by atoms with E-state index >= 15 is 0 Å². The molecule has 0 fully saturated rings. The van der Waals surface area contributed by atoms with Crippen LogP contribution in [0, 0.1) is 5.92 Å². The van der Waals surface area contributed by atoms with Crippen molar-refractivity contribution in [2.24, 2.45) is 5.92 Å². The summed E-state index contributed by atoms with van der Waals surface area (Å²) in [5, 5.41) is 0. The Labute approximate surface area is 192 Å². The van der Waals surface area contributed by atoms with Gasteiger partial charge in [-0.05, 0) is 36.8 Å². The van der Waals surface area contributed by atoms with Crippen LogP contribution in [0.1, 0.15) is 18.2 Å². The van der Waals surface area contributed by atoms with E-state index in [2.05, 4.69) is 0 Å². The fourth-order valence-corrected chi connectivity index (χ4v) is 4.14. The van der Waals surface area contributed by atoms with Crippen molar-refractivity contribution in [3.8, 4) is 11.3 Å². The zero-order chi connectivity index (χ0) is 22.8. The van der Waals surface area contributed by atoms with Crippen molar-refractivity contribution < 1.29 is 14.0 Å². The van der Waals surface area contributed by atoms with E-state index in [0.29, 0.717) is 11.3 Å². The minimum absolute atomic E-state index is 0.0835.